The Morgan fingerprint density at radius 3 is 2.71 bits per heavy atom. The monoisotopic (exact) mass is 480 g/mol. The Morgan fingerprint density at radius 2 is 1.97 bits per heavy atom. The minimum Gasteiger partial charge on any atom is -0.390 e. The van der Waals surface area contributed by atoms with E-state index in [1.165, 1.54) is 32.1 Å². The lowest BCUT2D eigenvalue weighted by Crippen LogP contribution is -2.46. The second kappa shape index (κ2) is 12.7. The van der Waals surface area contributed by atoms with Crippen LogP contribution in [0.4, 0.5) is 4.79 Å². The van der Waals surface area contributed by atoms with Gasteiger partial charge in [-0.15, -0.1) is 0 Å². The SMILES string of the molecule is CCN1CCN(CCCN/C=C(\C=N)C2=CC3NC(NC(=O)NC4CCCC4)=CC=C3N=C2)CC1. The van der Waals surface area contributed by atoms with Crippen LogP contribution in [0.25, 0.3) is 0 Å². The summed E-state index contributed by atoms with van der Waals surface area (Å²) < 4.78 is 0. The van der Waals surface area contributed by atoms with Crippen LogP contribution in [0.1, 0.15) is 39.0 Å². The lowest BCUT2D eigenvalue weighted by molar-refractivity contribution is 0.136. The second-order valence-electron chi connectivity index (χ2n) is 9.58. The van der Waals surface area contributed by atoms with Crippen molar-refractivity contribution in [1.29, 1.82) is 5.41 Å². The Hall–Kier alpha value is -2.91. The molecule has 190 valence electrons. The van der Waals surface area contributed by atoms with Gasteiger partial charge in [-0.2, -0.15) is 0 Å². The molecule has 2 fully saturated rings. The number of urea groups is 1. The smallest absolute Gasteiger partial charge is 0.320 e. The van der Waals surface area contributed by atoms with Crippen LogP contribution >= 0.6 is 0 Å². The molecule has 35 heavy (non-hydrogen) atoms. The van der Waals surface area contributed by atoms with Gasteiger partial charge in [-0.25, -0.2) is 4.79 Å². The van der Waals surface area contributed by atoms with Crippen molar-refractivity contribution < 1.29 is 4.79 Å². The van der Waals surface area contributed by atoms with Gasteiger partial charge in [0.2, 0.25) is 0 Å². The van der Waals surface area contributed by atoms with E-state index in [-0.39, 0.29) is 18.1 Å². The predicted molar refractivity (Wildman–Crippen MR) is 142 cm³/mol. The Labute approximate surface area is 209 Å². The fourth-order valence-corrected chi connectivity index (χ4v) is 4.97. The maximum Gasteiger partial charge on any atom is 0.320 e. The van der Waals surface area contributed by atoms with Crippen LogP contribution in [-0.2, 0) is 0 Å². The van der Waals surface area contributed by atoms with Crippen molar-refractivity contribution >= 4 is 18.5 Å². The number of allylic oxidation sites excluding steroid dienone is 4. The standard InChI is InChI=1S/C26H40N8O/c1-2-33-12-14-34(15-13-33)11-5-10-28-18-21(17-27)20-16-24-23(29-19-20)8-9-25(31-24)32-26(35)30-22-6-3-4-7-22/h8-9,16-19,22,24,27-28,31H,2-7,10-15H2,1H3,(H2,30,32,35)/b21-18+,27-17?. The topological polar surface area (TPSA) is 108 Å². The molecule has 3 aliphatic heterocycles. The first-order valence-corrected chi connectivity index (χ1v) is 13.1. The molecule has 0 spiro atoms. The van der Waals surface area contributed by atoms with Crippen molar-refractivity contribution in [1.82, 2.24) is 31.1 Å². The average molecular weight is 481 g/mol. The van der Waals surface area contributed by atoms with Crippen molar-refractivity contribution in [3.63, 3.8) is 0 Å². The molecule has 1 saturated heterocycles. The van der Waals surface area contributed by atoms with Gasteiger partial charge in [-0.3, -0.25) is 10.3 Å². The van der Waals surface area contributed by atoms with Crippen LogP contribution in [-0.4, -0.2) is 86.2 Å². The van der Waals surface area contributed by atoms with Crippen LogP contribution in [0.15, 0.2) is 52.1 Å². The van der Waals surface area contributed by atoms with Crippen LogP contribution < -0.4 is 21.3 Å². The molecule has 0 aromatic carbocycles. The molecular formula is C26H40N8O. The molecule has 3 heterocycles. The average Bonchev–Trinajstić information content (AvgIpc) is 3.39. The zero-order valence-corrected chi connectivity index (χ0v) is 20.9. The van der Waals surface area contributed by atoms with Crippen molar-refractivity contribution in [3.05, 3.63) is 47.1 Å². The molecule has 0 aromatic rings. The van der Waals surface area contributed by atoms with Crippen LogP contribution in [0.2, 0.25) is 0 Å². The lowest BCUT2D eigenvalue weighted by atomic mass is 10.00. The number of likely N-dealkylation sites (N-methyl/N-ethyl adjacent to an activating group) is 1. The number of carbonyl (C=O) groups is 1. The lowest BCUT2D eigenvalue weighted by Gasteiger charge is -2.33. The summed E-state index contributed by atoms with van der Waals surface area (Å²) in [5.74, 6) is 0.653. The third-order valence-electron chi connectivity index (χ3n) is 7.14. The molecule has 1 saturated carbocycles. The highest BCUT2D eigenvalue weighted by molar-refractivity contribution is 5.98. The molecule has 1 atom stereocenters. The number of hydrogen-bond acceptors (Lipinski definition) is 7. The summed E-state index contributed by atoms with van der Waals surface area (Å²) in [4.78, 5) is 21.9. The summed E-state index contributed by atoms with van der Waals surface area (Å²) in [5.41, 5.74) is 2.56. The Bertz CT molecular complexity index is 904. The molecule has 2 amide bonds. The van der Waals surface area contributed by atoms with Crippen LogP contribution in [0.5, 0.6) is 0 Å². The van der Waals surface area contributed by atoms with Gasteiger partial charge >= 0.3 is 6.03 Å². The molecule has 4 aliphatic rings. The van der Waals surface area contributed by atoms with Gasteiger partial charge < -0.3 is 31.2 Å². The molecule has 0 radical (unpaired) electrons. The molecule has 0 aromatic heterocycles. The van der Waals surface area contributed by atoms with Gasteiger partial charge in [0, 0.05) is 68.5 Å². The van der Waals surface area contributed by atoms with Gasteiger partial charge in [0.15, 0.2) is 0 Å². The summed E-state index contributed by atoms with van der Waals surface area (Å²) >= 11 is 0. The van der Waals surface area contributed by atoms with Gasteiger partial charge in [-0.1, -0.05) is 19.8 Å². The number of piperazine rings is 1. The second-order valence-corrected chi connectivity index (χ2v) is 9.58. The Morgan fingerprint density at radius 1 is 1.20 bits per heavy atom. The largest absolute Gasteiger partial charge is 0.390 e. The van der Waals surface area contributed by atoms with E-state index in [0.29, 0.717) is 5.82 Å². The number of rotatable bonds is 10. The minimum atomic E-state index is -0.174. The quantitative estimate of drug-likeness (QED) is 0.243. The number of aliphatic imine (C=N–C) groups is 1. The van der Waals surface area contributed by atoms with E-state index >= 15 is 0 Å². The summed E-state index contributed by atoms with van der Waals surface area (Å²) in [7, 11) is 0. The maximum atomic E-state index is 12.3. The van der Waals surface area contributed by atoms with Crippen molar-refractivity contribution in [2.24, 2.45) is 4.99 Å². The number of carbonyl (C=O) groups excluding carboxylic acids is 1. The van der Waals surface area contributed by atoms with Gasteiger partial charge in [0.25, 0.3) is 0 Å². The fraction of sp³-hybridized carbons (Fsp3) is 0.577. The van der Waals surface area contributed by atoms with E-state index in [4.69, 9.17) is 5.41 Å². The highest BCUT2D eigenvalue weighted by Crippen LogP contribution is 2.21. The minimum absolute atomic E-state index is 0.146. The van der Waals surface area contributed by atoms with Crippen molar-refractivity contribution in [2.75, 3.05) is 45.8 Å². The third-order valence-corrected chi connectivity index (χ3v) is 7.14. The number of amides is 2. The summed E-state index contributed by atoms with van der Waals surface area (Å²) in [6, 6.07) is -0.0467. The molecule has 1 aliphatic carbocycles. The van der Waals surface area contributed by atoms with Gasteiger partial charge in [0.1, 0.15) is 5.82 Å². The number of hydrogen-bond donors (Lipinski definition) is 5. The van der Waals surface area contributed by atoms with E-state index in [1.807, 2.05) is 24.4 Å². The third kappa shape index (κ3) is 7.29. The zero-order chi connectivity index (χ0) is 24.5. The van der Waals surface area contributed by atoms with E-state index in [0.717, 1.165) is 68.8 Å². The Balaban J connectivity index is 1.23. The zero-order valence-electron chi connectivity index (χ0n) is 20.9. The van der Waals surface area contributed by atoms with Crippen molar-refractivity contribution in [3.8, 4) is 0 Å². The number of fused-ring (bicyclic) bond motifs is 1. The molecular weight excluding hydrogens is 440 g/mol. The highest BCUT2D eigenvalue weighted by Gasteiger charge is 2.23. The number of dihydropyridines is 2. The first-order chi connectivity index (χ1) is 17.1. The molecule has 4 rings (SSSR count). The van der Waals surface area contributed by atoms with Crippen LogP contribution in [0, 0.1) is 5.41 Å². The first-order valence-electron chi connectivity index (χ1n) is 13.1. The summed E-state index contributed by atoms with van der Waals surface area (Å²) in [6.45, 7) is 9.96. The molecule has 1 unspecified atom stereocenters. The van der Waals surface area contributed by atoms with E-state index in [2.05, 4.69) is 43.0 Å². The molecule has 0 bridgehead atoms. The maximum absolute atomic E-state index is 12.3. The molecule has 5 N–H and O–H groups in total. The highest BCUT2D eigenvalue weighted by atomic mass is 16.2. The molecule has 9 heteroatoms. The predicted octanol–water partition coefficient (Wildman–Crippen LogP) is 2.09. The van der Waals surface area contributed by atoms with E-state index in [1.54, 1.807) is 6.21 Å². The molecule has 9 nitrogen and oxygen atoms in total. The number of nitrogens with zero attached hydrogens (tertiary/aromatic N) is 3. The van der Waals surface area contributed by atoms with Gasteiger partial charge in [-0.05, 0) is 50.6 Å². The normalized spacial score (nSPS) is 23.5. The van der Waals surface area contributed by atoms with E-state index < -0.39 is 0 Å². The van der Waals surface area contributed by atoms with Gasteiger partial charge in [0.05, 0.1) is 11.7 Å². The van der Waals surface area contributed by atoms with Crippen molar-refractivity contribution in [2.45, 2.75) is 51.1 Å². The first kappa shape index (κ1) is 25.2. The fourth-order valence-electron chi connectivity index (χ4n) is 4.97. The van der Waals surface area contributed by atoms with Crippen LogP contribution in [0.3, 0.4) is 0 Å². The Kier molecular flexibility index (Phi) is 9.14. The summed E-state index contributed by atoms with van der Waals surface area (Å²) in [5, 5.41) is 20.6. The summed E-state index contributed by atoms with van der Waals surface area (Å²) in [6.07, 6.45) is 16.4. The number of nitrogens with one attached hydrogen (secondary N) is 5. The van der Waals surface area contributed by atoms with E-state index in [9.17, 15) is 4.79 Å².